The Morgan fingerprint density at radius 1 is 1.00 bits per heavy atom. The van der Waals surface area contributed by atoms with E-state index in [1.165, 1.54) is 0 Å². The summed E-state index contributed by atoms with van der Waals surface area (Å²) >= 11 is 0. The molecule has 0 aliphatic heterocycles. The number of carbonyl (C=O) groups is 2. The van der Waals surface area contributed by atoms with Crippen molar-refractivity contribution < 1.29 is 30.0 Å². The minimum atomic E-state index is -1.42. The van der Waals surface area contributed by atoms with Gasteiger partial charge in [-0.05, 0) is 25.9 Å². The summed E-state index contributed by atoms with van der Waals surface area (Å²) in [5.41, 5.74) is 1.09. The molecule has 0 saturated heterocycles. The molecule has 1 aromatic carbocycles. The lowest BCUT2D eigenvalue weighted by Crippen LogP contribution is -2.46. The third-order valence-electron chi connectivity index (χ3n) is 5.00. The van der Waals surface area contributed by atoms with Gasteiger partial charge in [-0.3, -0.25) is 9.59 Å². The minimum absolute atomic E-state index is 0.00957. The van der Waals surface area contributed by atoms with Gasteiger partial charge in [0, 0.05) is 24.1 Å². The Hall–Kier alpha value is -1.64. The molecule has 0 aromatic heterocycles. The molecule has 4 N–H and O–H groups in total. The van der Waals surface area contributed by atoms with Crippen LogP contribution < -0.4 is 0 Å². The van der Waals surface area contributed by atoms with Crippen molar-refractivity contribution in [2.24, 2.45) is 0 Å². The molecule has 0 spiro atoms. The Kier molecular flexibility index (Phi) is 12.6. The molecule has 7 nitrogen and oxygen atoms in total. The van der Waals surface area contributed by atoms with Crippen molar-refractivity contribution in [2.75, 3.05) is 26.2 Å². The number of benzene rings is 1. The number of unbranched alkanes of at least 4 members (excludes halogenated alkanes) is 3. The quantitative estimate of drug-likeness (QED) is 0.185. The second-order valence-electron chi connectivity index (χ2n) is 7.44. The number of aliphatic hydroxyl groups is 4. The first-order valence-corrected chi connectivity index (χ1v) is 10.4. The van der Waals surface area contributed by atoms with Crippen molar-refractivity contribution in [1.82, 2.24) is 4.90 Å². The van der Waals surface area contributed by atoms with E-state index in [0.29, 0.717) is 30.5 Å². The summed E-state index contributed by atoms with van der Waals surface area (Å²) in [6.45, 7) is 2.96. The molecular formula is C22H35NO6. The number of carbonyl (C=O) groups excluding carboxylic acids is 2. The summed E-state index contributed by atoms with van der Waals surface area (Å²) in [5, 5.41) is 38.5. The van der Waals surface area contributed by atoms with Crippen LogP contribution in [0.25, 0.3) is 0 Å². The van der Waals surface area contributed by atoms with Crippen molar-refractivity contribution in [3.63, 3.8) is 0 Å². The lowest BCUT2D eigenvalue weighted by molar-refractivity contribution is -0.0842. The van der Waals surface area contributed by atoms with E-state index < -0.39 is 24.9 Å². The van der Waals surface area contributed by atoms with Gasteiger partial charge in [0.15, 0.2) is 5.78 Å². The topological polar surface area (TPSA) is 118 Å². The highest BCUT2D eigenvalue weighted by molar-refractivity contribution is 5.96. The summed E-state index contributed by atoms with van der Waals surface area (Å²) in [5.74, 6) is -0.00957. The summed E-state index contributed by atoms with van der Waals surface area (Å²) in [6, 6.07) is 6.52. The van der Waals surface area contributed by atoms with Gasteiger partial charge in [0.2, 0.25) is 0 Å². The number of Topliss-reactive ketones (excluding diaryl/α,β-unsaturated/α-hetero) is 1. The van der Waals surface area contributed by atoms with E-state index in [4.69, 9.17) is 5.11 Å². The van der Waals surface area contributed by atoms with Gasteiger partial charge in [-0.25, -0.2) is 0 Å². The summed E-state index contributed by atoms with van der Waals surface area (Å²) in [6.07, 6.45) is 1.91. The lowest BCUT2D eigenvalue weighted by Gasteiger charge is -2.28. The maximum absolute atomic E-state index is 12.3. The van der Waals surface area contributed by atoms with E-state index in [0.717, 1.165) is 38.5 Å². The molecule has 164 valence electrons. The average Bonchev–Trinajstić information content (AvgIpc) is 2.75. The van der Waals surface area contributed by atoms with Crippen LogP contribution in [0.15, 0.2) is 24.3 Å². The van der Waals surface area contributed by atoms with Crippen LogP contribution in [0.1, 0.15) is 66.2 Å². The standard InChI is InChI=1S/C22H35NO6/c1-2-3-4-5-12-23(14-20(27)22(29)21(28)16-25)13-6-7-19(26)18-10-8-17(15-24)9-11-18/h8-11,15,20-22,25,27-29H,2-7,12-14,16H2,1H3/t20-,21+,22+/m0/s1. The first-order chi connectivity index (χ1) is 13.9. The Balaban J connectivity index is 2.55. The number of hydrogen-bond donors (Lipinski definition) is 4. The van der Waals surface area contributed by atoms with Crippen molar-refractivity contribution in [3.8, 4) is 0 Å². The van der Waals surface area contributed by atoms with Gasteiger partial charge in [-0.15, -0.1) is 0 Å². The van der Waals surface area contributed by atoms with Crippen LogP contribution in [0.3, 0.4) is 0 Å². The van der Waals surface area contributed by atoms with E-state index >= 15 is 0 Å². The molecule has 1 aromatic rings. The molecule has 7 heteroatoms. The van der Waals surface area contributed by atoms with Crippen molar-refractivity contribution >= 4 is 12.1 Å². The molecule has 0 amide bonds. The maximum Gasteiger partial charge on any atom is 0.162 e. The van der Waals surface area contributed by atoms with Crippen LogP contribution in [0, 0.1) is 0 Å². The van der Waals surface area contributed by atoms with Crippen LogP contribution in [0.2, 0.25) is 0 Å². The average molecular weight is 410 g/mol. The highest BCUT2D eigenvalue weighted by Gasteiger charge is 2.25. The Morgan fingerprint density at radius 2 is 1.66 bits per heavy atom. The number of ketones is 1. The van der Waals surface area contributed by atoms with Gasteiger partial charge < -0.3 is 25.3 Å². The molecular weight excluding hydrogens is 374 g/mol. The normalized spacial score (nSPS) is 14.6. The fraction of sp³-hybridized carbons (Fsp3) is 0.636. The molecule has 0 radical (unpaired) electrons. The number of aldehydes is 1. The van der Waals surface area contributed by atoms with Crippen LogP contribution in [-0.4, -0.2) is 81.9 Å². The number of aliphatic hydroxyl groups excluding tert-OH is 4. The zero-order chi connectivity index (χ0) is 21.6. The molecule has 0 fully saturated rings. The molecule has 0 aliphatic rings. The van der Waals surface area contributed by atoms with Gasteiger partial charge in [0.25, 0.3) is 0 Å². The van der Waals surface area contributed by atoms with Gasteiger partial charge in [0.05, 0.1) is 12.7 Å². The van der Waals surface area contributed by atoms with Crippen molar-refractivity contribution in [2.45, 2.75) is 63.8 Å². The summed E-state index contributed by atoms with van der Waals surface area (Å²) in [4.78, 5) is 25.0. The number of hydrogen-bond acceptors (Lipinski definition) is 7. The predicted molar refractivity (Wildman–Crippen MR) is 111 cm³/mol. The van der Waals surface area contributed by atoms with Crippen molar-refractivity contribution in [3.05, 3.63) is 35.4 Å². The molecule has 0 heterocycles. The fourth-order valence-corrected chi connectivity index (χ4v) is 3.15. The van der Waals surface area contributed by atoms with Crippen molar-refractivity contribution in [1.29, 1.82) is 0 Å². The largest absolute Gasteiger partial charge is 0.394 e. The summed E-state index contributed by atoms with van der Waals surface area (Å²) in [7, 11) is 0. The molecule has 0 bridgehead atoms. The first-order valence-electron chi connectivity index (χ1n) is 10.4. The van der Waals surface area contributed by atoms with Crippen LogP contribution in [0.4, 0.5) is 0 Å². The van der Waals surface area contributed by atoms with E-state index in [1.54, 1.807) is 24.3 Å². The fourth-order valence-electron chi connectivity index (χ4n) is 3.15. The van der Waals surface area contributed by atoms with Crippen LogP contribution in [-0.2, 0) is 0 Å². The second kappa shape index (κ2) is 14.4. The van der Waals surface area contributed by atoms with Gasteiger partial charge in [-0.2, -0.15) is 0 Å². The Bertz CT molecular complexity index is 591. The first kappa shape index (κ1) is 25.4. The molecule has 1 rings (SSSR count). The SMILES string of the molecule is CCCCCCN(CCCC(=O)c1ccc(C=O)cc1)C[C@H](O)[C@@H](O)[C@H](O)CO. The minimum Gasteiger partial charge on any atom is -0.394 e. The molecule has 29 heavy (non-hydrogen) atoms. The van der Waals surface area contributed by atoms with Crippen LogP contribution in [0.5, 0.6) is 0 Å². The molecule has 3 atom stereocenters. The van der Waals surface area contributed by atoms with Gasteiger partial charge >= 0.3 is 0 Å². The lowest BCUT2D eigenvalue weighted by atomic mass is 10.0. The third kappa shape index (κ3) is 9.60. The van der Waals surface area contributed by atoms with E-state index in [9.17, 15) is 24.9 Å². The smallest absolute Gasteiger partial charge is 0.162 e. The Labute approximate surface area is 173 Å². The second-order valence-corrected chi connectivity index (χ2v) is 7.44. The van der Waals surface area contributed by atoms with E-state index in [1.807, 2.05) is 4.90 Å². The molecule has 0 unspecified atom stereocenters. The monoisotopic (exact) mass is 409 g/mol. The third-order valence-corrected chi connectivity index (χ3v) is 5.00. The maximum atomic E-state index is 12.3. The highest BCUT2D eigenvalue weighted by Crippen LogP contribution is 2.11. The van der Waals surface area contributed by atoms with E-state index in [2.05, 4.69) is 6.92 Å². The number of nitrogens with zero attached hydrogens (tertiary/aromatic N) is 1. The summed E-state index contributed by atoms with van der Waals surface area (Å²) < 4.78 is 0. The highest BCUT2D eigenvalue weighted by atomic mass is 16.4. The van der Waals surface area contributed by atoms with Gasteiger partial charge in [-0.1, -0.05) is 50.5 Å². The Morgan fingerprint density at radius 3 is 2.24 bits per heavy atom. The molecule has 0 aliphatic carbocycles. The zero-order valence-corrected chi connectivity index (χ0v) is 17.2. The van der Waals surface area contributed by atoms with E-state index in [-0.39, 0.29) is 12.3 Å². The molecule has 0 saturated carbocycles. The zero-order valence-electron chi connectivity index (χ0n) is 17.2. The van der Waals surface area contributed by atoms with Gasteiger partial charge in [0.1, 0.15) is 18.5 Å². The predicted octanol–water partition coefficient (Wildman–Crippen LogP) is 1.42. The van der Waals surface area contributed by atoms with Crippen LogP contribution >= 0.6 is 0 Å². The number of rotatable bonds is 16.